The van der Waals surface area contributed by atoms with Gasteiger partial charge in [-0.2, -0.15) is 0 Å². The van der Waals surface area contributed by atoms with Gasteiger partial charge in [0.2, 0.25) is 5.91 Å². The van der Waals surface area contributed by atoms with Gasteiger partial charge in [-0.05, 0) is 12.8 Å². The van der Waals surface area contributed by atoms with Gasteiger partial charge in [0.15, 0.2) is 9.84 Å². The number of carbonyl (C=O) groups excluding carboxylic acids is 1. The van der Waals surface area contributed by atoms with Crippen molar-refractivity contribution in [1.82, 2.24) is 10.6 Å². The summed E-state index contributed by atoms with van der Waals surface area (Å²) in [5.41, 5.74) is 0. The van der Waals surface area contributed by atoms with E-state index in [-0.39, 0.29) is 41.7 Å². The minimum atomic E-state index is -3.13. The fourth-order valence-corrected chi connectivity index (χ4v) is 4.76. The summed E-state index contributed by atoms with van der Waals surface area (Å²) in [5.74, 6) is -0.286. The van der Waals surface area contributed by atoms with Crippen LogP contribution in [0, 0.1) is 5.92 Å². The van der Waals surface area contributed by atoms with Crippen LogP contribution in [0.25, 0.3) is 0 Å². The highest BCUT2D eigenvalue weighted by Crippen LogP contribution is 2.25. The lowest BCUT2D eigenvalue weighted by molar-refractivity contribution is -0.120. The van der Waals surface area contributed by atoms with Gasteiger partial charge in [0, 0.05) is 32.0 Å². The monoisotopic (exact) mass is 340 g/mol. The summed E-state index contributed by atoms with van der Waals surface area (Å²) >= 11 is 0. The smallest absolute Gasteiger partial charge is 0.221 e. The first-order chi connectivity index (χ1) is 9.49. The van der Waals surface area contributed by atoms with Crippen molar-refractivity contribution in [1.29, 1.82) is 0 Å². The summed E-state index contributed by atoms with van der Waals surface area (Å²) < 4.78 is 24.0. The van der Waals surface area contributed by atoms with Crippen molar-refractivity contribution in [3.05, 3.63) is 0 Å². The summed E-state index contributed by atoms with van der Waals surface area (Å²) in [7, 11) is -3.13. The highest BCUT2D eigenvalue weighted by Gasteiger charge is 2.29. The number of aliphatic hydroxyl groups is 1. The second kappa shape index (κ2) is 8.31. The number of nitrogens with one attached hydrogen (secondary N) is 2. The molecule has 124 valence electrons. The molecule has 0 aromatic heterocycles. The Hall–Kier alpha value is -0.370. The molecule has 1 amide bonds. The van der Waals surface area contributed by atoms with E-state index >= 15 is 0 Å². The average Bonchev–Trinajstić information content (AvgIpc) is 3.05. The molecule has 2 rings (SSSR count). The minimum Gasteiger partial charge on any atom is -0.391 e. The molecule has 0 spiro atoms. The SMILES string of the molecule is Cl.O=C(CCS(=O)(=O)C1CCCC1)NCC1CNCC1O. The number of amides is 1. The molecule has 0 radical (unpaired) electrons. The molecule has 2 fully saturated rings. The molecule has 3 N–H and O–H groups in total. The molecule has 2 unspecified atom stereocenters. The van der Waals surface area contributed by atoms with Crippen molar-refractivity contribution in [2.75, 3.05) is 25.4 Å². The standard InChI is InChI=1S/C13H24N2O4S.ClH/c16-12-9-14-7-10(12)8-15-13(17)5-6-20(18,19)11-3-1-2-4-11;/h10-12,14,16H,1-9H2,(H,15,17);1H. The Morgan fingerprint density at radius 3 is 2.48 bits per heavy atom. The number of β-amino-alcohol motifs (C(OH)–C–C–N with tert-alkyl or cyclic N) is 1. The average molecular weight is 341 g/mol. The van der Waals surface area contributed by atoms with E-state index in [0.29, 0.717) is 19.6 Å². The number of halogens is 1. The van der Waals surface area contributed by atoms with E-state index in [1.807, 2.05) is 0 Å². The predicted octanol–water partition coefficient (Wildman–Crippen LogP) is -0.148. The lowest BCUT2D eigenvalue weighted by Gasteiger charge is -2.15. The van der Waals surface area contributed by atoms with Gasteiger partial charge in [-0.3, -0.25) is 4.79 Å². The summed E-state index contributed by atoms with van der Waals surface area (Å²) in [6.45, 7) is 1.63. The van der Waals surface area contributed by atoms with Crippen molar-refractivity contribution in [2.45, 2.75) is 43.5 Å². The van der Waals surface area contributed by atoms with Crippen LogP contribution < -0.4 is 10.6 Å². The molecule has 0 aromatic carbocycles. The molecule has 1 aliphatic carbocycles. The molecule has 6 nitrogen and oxygen atoms in total. The van der Waals surface area contributed by atoms with Crippen LogP contribution in [0.4, 0.5) is 0 Å². The van der Waals surface area contributed by atoms with Gasteiger partial charge in [0.05, 0.1) is 17.1 Å². The highest BCUT2D eigenvalue weighted by molar-refractivity contribution is 7.92. The fourth-order valence-electron chi connectivity index (χ4n) is 2.91. The maximum absolute atomic E-state index is 12.0. The number of aliphatic hydroxyl groups excluding tert-OH is 1. The Balaban J connectivity index is 0.00000220. The fraction of sp³-hybridized carbons (Fsp3) is 0.923. The highest BCUT2D eigenvalue weighted by atomic mass is 35.5. The zero-order valence-corrected chi connectivity index (χ0v) is 13.7. The van der Waals surface area contributed by atoms with Crippen molar-refractivity contribution in [3.8, 4) is 0 Å². The largest absolute Gasteiger partial charge is 0.391 e. The van der Waals surface area contributed by atoms with Gasteiger partial charge in [-0.15, -0.1) is 12.4 Å². The summed E-state index contributed by atoms with van der Waals surface area (Å²) in [5, 5.41) is 15.1. The second-order valence-electron chi connectivity index (χ2n) is 5.81. The molecular weight excluding hydrogens is 316 g/mol. The molecule has 1 saturated carbocycles. The molecule has 0 bridgehead atoms. The van der Waals surface area contributed by atoms with Gasteiger partial charge in [0.1, 0.15) is 0 Å². The third-order valence-electron chi connectivity index (χ3n) is 4.29. The van der Waals surface area contributed by atoms with Crippen LogP contribution in [0.5, 0.6) is 0 Å². The Morgan fingerprint density at radius 1 is 1.24 bits per heavy atom. The van der Waals surface area contributed by atoms with E-state index < -0.39 is 15.9 Å². The molecule has 0 aromatic rings. The molecule has 1 aliphatic heterocycles. The number of sulfone groups is 1. The molecule has 21 heavy (non-hydrogen) atoms. The van der Waals surface area contributed by atoms with Gasteiger partial charge in [-0.1, -0.05) is 12.8 Å². The maximum Gasteiger partial charge on any atom is 0.221 e. The summed E-state index contributed by atoms with van der Waals surface area (Å²) in [6.07, 6.45) is 3.02. The van der Waals surface area contributed by atoms with Crippen LogP contribution in [0.15, 0.2) is 0 Å². The Bertz CT molecular complexity index is 437. The number of hydrogen-bond donors (Lipinski definition) is 3. The first kappa shape index (κ1) is 18.7. The van der Waals surface area contributed by atoms with Gasteiger partial charge in [0.25, 0.3) is 0 Å². The van der Waals surface area contributed by atoms with Crippen LogP contribution in [0.1, 0.15) is 32.1 Å². The quantitative estimate of drug-likeness (QED) is 0.625. The summed E-state index contributed by atoms with van der Waals surface area (Å²) in [6, 6.07) is 0. The Kier molecular flexibility index (Phi) is 7.39. The van der Waals surface area contributed by atoms with E-state index in [0.717, 1.165) is 25.7 Å². The van der Waals surface area contributed by atoms with Crippen molar-refractivity contribution >= 4 is 28.2 Å². The topological polar surface area (TPSA) is 95.5 Å². The first-order valence-corrected chi connectivity index (χ1v) is 9.07. The molecular formula is C13H25ClN2O4S. The lowest BCUT2D eigenvalue weighted by atomic mass is 10.1. The normalized spacial score (nSPS) is 26.5. The van der Waals surface area contributed by atoms with Crippen LogP contribution in [0.3, 0.4) is 0 Å². The predicted molar refractivity (Wildman–Crippen MR) is 83.3 cm³/mol. The van der Waals surface area contributed by atoms with E-state index in [1.54, 1.807) is 0 Å². The van der Waals surface area contributed by atoms with Crippen molar-refractivity contribution in [2.24, 2.45) is 5.92 Å². The Labute approximate surface area is 132 Å². The van der Waals surface area contributed by atoms with Crippen molar-refractivity contribution < 1.29 is 18.3 Å². The second-order valence-corrected chi connectivity index (χ2v) is 8.21. The van der Waals surface area contributed by atoms with Crippen LogP contribution in [-0.2, 0) is 14.6 Å². The number of carbonyl (C=O) groups is 1. The minimum absolute atomic E-state index is 0. The first-order valence-electron chi connectivity index (χ1n) is 7.36. The van der Waals surface area contributed by atoms with Crippen LogP contribution in [0.2, 0.25) is 0 Å². The van der Waals surface area contributed by atoms with Gasteiger partial charge in [-0.25, -0.2) is 8.42 Å². The molecule has 8 heteroatoms. The van der Waals surface area contributed by atoms with Crippen molar-refractivity contribution in [3.63, 3.8) is 0 Å². The number of rotatable bonds is 6. The molecule has 1 saturated heterocycles. The van der Waals surface area contributed by atoms with E-state index in [9.17, 15) is 18.3 Å². The van der Waals surface area contributed by atoms with E-state index in [1.165, 1.54) is 0 Å². The zero-order valence-electron chi connectivity index (χ0n) is 12.1. The molecule has 2 aliphatic rings. The third kappa shape index (κ3) is 5.39. The molecule has 2 atom stereocenters. The maximum atomic E-state index is 12.0. The third-order valence-corrected chi connectivity index (χ3v) is 6.55. The van der Waals surface area contributed by atoms with E-state index in [2.05, 4.69) is 10.6 Å². The Morgan fingerprint density at radius 2 is 1.90 bits per heavy atom. The zero-order chi connectivity index (χ0) is 14.6. The van der Waals surface area contributed by atoms with Gasteiger partial charge < -0.3 is 15.7 Å². The van der Waals surface area contributed by atoms with Crippen LogP contribution in [-0.4, -0.2) is 56.2 Å². The van der Waals surface area contributed by atoms with E-state index in [4.69, 9.17) is 0 Å². The lowest BCUT2D eigenvalue weighted by Crippen LogP contribution is -2.35. The van der Waals surface area contributed by atoms with Crippen LogP contribution >= 0.6 is 12.4 Å². The molecule has 1 heterocycles. The summed E-state index contributed by atoms with van der Waals surface area (Å²) in [4.78, 5) is 11.7. The van der Waals surface area contributed by atoms with Gasteiger partial charge >= 0.3 is 0 Å². The number of hydrogen-bond acceptors (Lipinski definition) is 5.